The largest absolute Gasteiger partial charge is 0.354 e. The molecule has 1 amide bonds. The van der Waals surface area contributed by atoms with Gasteiger partial charge in [0.25, 0.3) is 10.0 Å². The van der Waals surface area contributed by atoms with Gasteiger partial charge in [-0.05, 0) is 67.6 Å². The fourth-order valence-corrected chi connectivity index (χ4v) is 5.25. The molecule has 0 radical (unpaired) electrons. The van der Waals surface area contributed by atoms with Crippen molar-refractivity contribution >= 4 is 33.4 Å². The van der Waals surface area contributed by atoms with Crippen LogP contribution in [0.3, 0.4) is 0 Å². The van der Waals surface area contributed by atoms with Crippen molar-refractivity contribution in [3.05, 3.63) is 90.2 Å². The number of sulfonamides is 1. The van der Waals surface area contributed by atoms with Crippen molar-refractivity contribution in [2.24, 2.45) is 0 Å². The molecule has 0 heterocycles. The highest BCUT2D eigenvalue weighted by molar-refractivity contribution is 7.99. The summed E-state index contributed by atoms with van der Waals surface area (Å²) in [5.41, 5.74) is 1.14. The third-order valence-electron chi connectivity index (χ3n) is 4.67. The Labute approximate surface area is 192 Å². The zero-order chi connectivity index (χ0) is 23.0. The summed E-state index contributed by atoms with van der Waals surface area (Å²) in [4.78, 5) is 13.8. The standard InChI is InChI=1S/C24H25FN2O3S2/c1-19-8-14-23(15-9-19)32(29,30)27(21-12-10-20(25)11-13-21)18-24(28)26-16-5-17-31-22-6-3-2-4-7-22/h2-4,6-15H,5,16-18H2,1H3,(H,26,28). The van der Waals surface area contributed by atoms with Crippen LogP contribution in [0, 0.1) is 12.7 Å². The van der Waals surface area contributed by atoms with Gasteiger partial charge in [-0.2, -0.15) is 0 Å². The van der Waals surface area contributed by atoms with Crippen LogP contribution in [0.2, 0.25) is 0 Å². The Morgan fingerprint density at radius 2 is 1.62 bits per heavy atom. The highest BCUT2D eigenvalue weighted by Gasteiger charge is 2.27. The quantitative estimate of drug-likeness (QED) is 0.345. The van der Waals surface area contributed by atoms with Crippen molar-refractivity contribution in [1.82, 2.24) is 5.32 Å². The Bertz CT molecular complexity index is 1120. The lowest BCUT2D eigenvalue weighted by Crippen LogP contribution is -2.41. The maximum absolute atomic E-state index is 13.4. The molecule has 0 spiro atoms. The number of aryl methyl sites for hydroxylation is 1. The molecule has 0 aliphatic heterocycles. The minimum absolute atomic E-state index is 0.0690. The number of halogens is 1. The van der Waals surface area contributed by atoms with Crippen LogP contribution >= 0.6 is 11.8 Å². The molecule has 0 saturated heterocycles. The van der Waals surface area contributed by atoms with E-state index in [2.05, 4.69) is 5.32 Å². The Kier molecular flexibility index (Phi) is 8.30. The van der Waals surface area contributed by atoms with E-state index in [1.807, 2.05) is 37.3 Å². The molecular weight excluding hydrogens is 447 g/mol. The highest BCUT2D eigenvalue weighted by atomic mass is 32.2. The zero-order valence-electron chi connectivity index (χ0n) is 17.7. The number of nitrogens with zero attached hydrogens (tertiary/aromatic N) is 1. The first-order valence-corrected chi connectivity index (χ1v) is 12.6. The second-order valence-electron chi connectivity index (χ2n) is 7.17. The van der Waals surface area contributed by atoms with Gasteiger partial charge in [0.15, 0.2) is 0 Å². The second-order valence-corrected chi connectivity index (χ2v) is 10.2. The third-order valence-corrected chi connectivity index (χ3v) is 7.55. The zero-order valence-corrected chi connectivity index (χ0v) is 19.3. The van der Waals surface area contributed by atoms with Crippen molar-refractivity contribution in [2.45, 2.75) is 23.1 Å². The molecular formula is C24H25FN2O3S2. The van der Waals surface area contributed by atoms with Gasteiger partial charge in [0.2, 0.25) is 5.91 Å². The van der Waals surface area contributed by atoms with Crippen LogP contribution in [-0.4, -0.2) is 33.2 Å². The van der Waals surface area contributed by atoms with Crippen LogP contribution in [0.1, 0.15) is 12.0 Å². The molecule has 3 aromatic carbocycles. The number of benzene rings is 3. The molecule has 0 atom stereocenters. The summed E-state index contributed by atoms with van der Waals surface area (Å²) in [7, 11) is -4.00. The van der Waals surface area contributed by atoms with Gasteiger partial charge in [0.1, 0.15) is 12.4 Å². The Hall–Kier alpha value is -2.84. The van der Waals surface area contributed by atoms with Crippen LogP contribution < -0.4 is 9.62 Å². The fourth-order valence-electron chi connectivity index (χ4n) is 2.95. The van der Waals surface area contributed by atoms with E-state index in [-0.39, 0.29) is 10.6 Å². The molecule has 168 valence electrons. The minimum atomic E-state index is -4.00. The number of carbonyl (C=O) groups is 1. The Morgan fingerprint density at radius 1 is 0.969 bits per heavy atom. The molecule has 5 nitrogen and oxygen atoms in total. The van der Waals surface area contributed by atoms with Crippen molar-refractivity contribution in [3.8, 4) is 0 Å². The van der Waals surface area contributed by atoms with E-state index in [0.29, 0.717) is 6.54 Å². The van der Waals surface area contributed by atoms with Crippen LogP contribution in [0.4, 0.5) is 10.1 Å². The average molecular weight is 473 g/mol. The number of anilines is 1. The first-order valence-electron chi connectivity index (χ1n) is 10.2. The van der Waals surface area contributed by atoms with E-state index >= 15 is 0 Å². The van der Waals surface area contributed by atoms with Gasteiger partial charge >= 0.3 is 0 Å². The molecule has 3 aromatic rings. The van der Waals surface area contributed by atoms with Crippen molar-refractivity contribution in [1.29, 1.82) is 0 Å². The maximum Gasteiger partial charge on any atom is 0.264 e. The molecule has 0 bridgehead atoms. The van der Waals surface area contributed by atoms with E-state index in [1.54, 1.807) is 23.9 Å². The number of hydrogen-bond donors (Lipinski definition) is 1. The molecule has 0 aliphatic rings. The van der Waals surface area contributed by atoms with Crippen molar-refractivity contribution < 1.29 is 17.6 Å². The normalized spacial score (nSPS) is 11.2. The van der Waals surface area contributed by atoms with E-state index in [0.717, 1.165) is 26.9 Å². The summed E-state index contributed by atoms with van der Waals surface area (Å²) in [6, 6.07) is 21.4. The van der Waals surface area contributed by atoms with Crippen LogP contribution in [0.15, 0.2) is 88.7 Å². The molecule has 8 heteroatoms. The van der Waals surface area contributed by atoms with Crippen molar-refractivity contribution in [3.63, 3.8) is 0 Å². The topological polar surface area (TPSA) is 66.5 Å². The summed E-state index contributed by atoms with van der Waals surface area (Å²) >= 11 is 1.69. The highest BCUT2D eigenvalue weighted by Crippen LogP contribution is 2.24. The second kappa shape index (κ2) is 11.2. The number of thioether (sulfide) groups is 1. The molecule has 0 aliphatic carbocycles. The summed E-state index contributed by atoms with van der Waals surface area (Å²) < 4.78 is 40.9. The van der Waals surface area contributed by atoms with Crippen LogP contribution in [-0.2, 0) is 14.8 Å². The maximum atomic E-state index is 13.4. The molecule has 0 unspecified atom stereocenters. The van der Waals surface area contributed by atoms with Gasteiger partial charge in [0, 0.05) is 11.4 Å². The molecule has 1 N–H and O–H groups in total. The lowest BCUT2D eigenvalue weighted by atomic mass is 10.2. The van der Waals surface area contributed by atoms with Gasteiger partial charge in [-0.3, -0.25) is 9.10 Å². The summed E-state index contributed by atoms with van der Waals surface area (Å²) in [5.74, 6) is -0.0790. The predicted octanol–water partition coefficient (Wildman–Crippen LogP) is 4.63. The SMILES string of the molecule is Cc1ccc(S(=O)(=O)N(CC(=O)NCCCSc2ccccc2)c2ccc(F)cc2)cc1. The third kappa shape index (κ3) is 6.58. The Balaban J connectivity index is 1.65. The average Bonchev–Trinajstić information content (AvgIpc) is 2.79. The first-order chi connectivity index (χ1) is 15.4. The molecule has 0 aromatic heterocycles. The molecule has 0 fully saturated rings. The fraction of sp³-hybridized carbons (Fsp3) is 0.208. The first kappa shape index (κ1) is 23.8. The number of carbonyl (C=O) groups excluding carboxylic acids is 1. The van der Waals surface area contributed by atoms with E-state index in [9.17, 15) is 17.6 Å². The van der Waals surface area contributed by atoms with Gasteiger partial charge in [0.05, 0.1) is 10.6 Å². The minimum Gasteiger partial charge on any atom is -0.354 e. The Morgan fingerprint density at radius 3 is 2.28 bits per heavy atom. The van der Waals surface area contributed by atoms with Crippen LogP contribution in [0.5, 0.6) is 0 Å². The number of nitrogens with one attached hydrogen (secondary N) is 1. The molecule has 3 rings (SSSR count). The van der Waals surface area contributed by atoms with Gasteiger partial charge in [-0.25, -0.2) is 12.8 Å². The number of hydrogen-bond acceptors (Lipinski definition) is 4. The molecule has 0 saturated carbocycles. The smallest absolute Gasteiger partial charge is 0.264 e. The molecule has 32 heavy (non-hydrogen) atoms. The van der Waals surface area contributed by atoms with Gasteiger partial charge in [-0.15, -0.1) is 11.8 Å². The van der Waals surface area contributed by atoms with Crippen LogP contribution in [0.25, 0.3) is 0 Å². The summed E-state index contributed by atoms with van der Waals surface area (Å²) in [6.07, 6.45) is 0.743. The summed E-state index contributed by atoms with van der Waals surface area (Å²) in [6.45, 7) is 1.89. The van der Waals surface area contributed by atoms with Gasteiger partial charge in [-0.1, -0.05) is 35.9 Å². The lowest BCUT2D eigenvalue weighted by Gasteiger charge is -2.24. The predicted molar refractivity (Wildman–Crippen MR) is 127 cm³/mol. The van der Waals surface area contributed by atoms with E-state index in [4.69, 9.17) is 0 Å². The van der Waals surface area contributed by atoms with E-state index in [1.165, 1.54) is 36.4 Å². The monoisotopic (exact) mass is 472 g/mol. The van der Waals surface area contributed by atoms with Crippen molar-refractivity contribution in [2.75, 3.05) is 23.1 Å². The number of rotatable bonds is 10. The lowest BCUT2D eigenvalue weighted by molar-refractivity contribution is -0.119. The number of amides is 1. The van der Waals surface area contributed by atoms with E-state index < -0.39 is 28.3 Å². The van der Waals surface area contributed by atoms with Gasteiger partial charge < -0.3 is 5.32 Å². The summed E-state index contributed by atoms with van der Waals surface area (Å²) in [5, 5.41) is 2.78.